The van der Waals surface area contributed by atoms with Gasteiger partial charge in [-0.05, 0) is 47.4 Å². The Morgan fingerprint density at radius 3 is 2.33 bits per heavy atom. The lowest BCUT2D eigenvalue weighted by Crippen LogP contribution is -2.25. The molecule has 1 heterocycles. The number of hydrogen-bond donors (Lipinski definition) is 2. The highest BCUT2D eigenvalue weighted by atomic mass is 79.9. The first-order chi connectivity index (χ1) is 14.3. The predicted molar refractivity (Wildman–Crippen MR) is 131 cm³/mol. The second kappa shape index (κ2) is 10.3. The van der Waals surface area contributed by atoms with Crippen molar-refractivity contribution >= 4 is 76.6 Å². The van der Waals surface area contributed by atoms with E-state index in [1.165, 1.54) is 11.3 Å². The Hall–Kier alpha value is -1.43. The Bertz CT molecular complexity index is 1070. The van der Waals surface area contributed by atoms with E-state index >= 15 is 0 Å². The smallest absolute Gasteiger partial charge is 0.307 e. The van der Waals surface area contributed by atoms with Gasteiger partial charge in [0.15, 0.2) is 0 Å². The van der Waals surface area contributed by atoms with Crippen LogP contribution >= 0.6 is 59.7 Å². The molecule has 0 aliphatic heterocycles. The molecular formula is C21H17BrCl2NO3PS. The van der Waals surface area contributed by atoms with Gasteiger partial charge in [-0.3, -0.25) is 9.59 Å². The van der Waals surface area contributed by atoms with E-state index in [4.69, 9.17) is 23.2 Å². The quantitative estimate of drug-likeness (QED) is 0.332. The summed E-state index contributed by atoms with van der Waals surface area (Å²) in [5, 5.41) is 15.6. The van der Waals surface area contributed by atoms with Gasteiger partial charge in [0.25, 0.3) is 0 Å². The lowest BCUT2D eigenvalue weighted by molar-refractivity contribution is -0.136. The molecule has 0 saturated carbocycles. The van der Waals surface area contributed by atoms with E-state index in [0.717, 1.165) is 15.6 Å². The molecule has 0 fully saturated rings. The number of aliphatic carboxylic acids is 1. The first-order valence-electron chi connectivity index (χ1n) is 8.83. The largest absolute Gasteiger partial charge is 0.481 e. The summed E-state index contributed by atoms with van der Waals surface area (Å²) in [6, 6.07) is 12.8. The number of thiophene rings is 1. The Balaban J connectivity index is 1.83. The van der Waals surface area contributed by atoms with Gasteiger partial charge in [0.2, 0.25) is 5.91 Å². The first kappa shape index (κ1) is 23.2. The molecule has 2 atom stereocenters. The third-order valence-electron chi connectivity index (χ3n) is 4.44. The van der Waals surface area contributed by atoms with Gasteiger partial charge in [-0.2, -0.15) is 0 Å². The van der Waals surface area contributed by atoms with Crippen molar-refractivity contribution < 1.29 is 14.7 Å². The maximum atomic E-state index is 12.8. The Morgan fingerprint density at radius 2 is 1.73 bits per heavy atom. The highest BCUT2D eigenvalue weighted by Gasteiger charge is 2.22. The van der Waals surface area contributed by atoms with Gasteiger partial charge < -0.3 is 10.4 Å². The van der Waals surface area contributed by atoms with Gasteiger partial charge in [0.05, 0.1) is 17.1 Å². The molecule has 3 aromatic rings. The van der Waals surface area contributed by atoms with Crippen molar-refractivity contribution in [2.45, 2.75) is 18.5 Å². The number of carbonyl (C=O) groups excluding carboxylic acids is 1. The molecule has 0 aliphatic carbocycles. The number of hydrogen-bond acceptors (Lipinski definition) is 3. The maximum absolute atomic E-state index is 12.8. The second-order valence-electron chi connectivity index (χ2n) is 6.53. The zero-order valence-corrected chi connectivity index (χ0v) is 20.6. The van der Waals surface area contributed by atoms with Crippen LogP contribution in [0.3, 0.4) is 0 Å². The number of amides is 1. The minimum absolute atomic E-state index is 0.192. The number of carbonyl (C=O) groups is 2. The van der Waals surface area contributed by atoms with Gasteiger partial charge in [-0.15, -0.1) is 20.6 Å². The molecule has 3 rings (SSSR count). The van der Waals surface area contributed by atoms with Crippen molar-refractivity contribution in [3.63, 3.8) is 0 Å². The van der Waals surface area contributed by atoms with Crippen LogP contribution < -0.4 is 5.32 Å². The molecule has 4 nitrogen and oxygen atoms in total. The fraction of sp³-hybridized carbons (Fsp3) is 0.143. The molecule has 156 valence electrons. The molecule has 0 saturated heterocycles. The van der Waals surface area contributed by atoms with Crippen LogP contribution in [0, 0.1) is 0 Å². The SMILES string of the molecule is O=C(O)Cc1c(-c2ccc(Br)cc2)csc1NC(=O)C(P)Cc1c(Cl)cccc1Cl. The molecule has 2 aromatic carbocycles. The first-order valence-corrected chi connectivity index (χ1v) is 11.9. The highest BCUT2D eigenvalue weighted by molar-refractivity contribution is 9.10. The van der Waals surface area contributed by atoms with E-state index in [2.05, 4.69) is 30.5 Å². The van der Waals surface area contributed by atoms with Crippen LogP contribution in [0.15, 0.2) is 52.3 Å². The number of nitrogens with one attached hydrogen (secondary N) is 1. The number of carboxylic acids is 1. The number of anilines is 1. The average Bonchev–Trinajstić information content (AvgIpc) is 3.07. The Kier molecular flexibility index (Phi) is 7.94. The van der Waals surface area contributed by atoms with Crippen molar-refractivity contribution in [2.75, 3.05) is 5.32 Å². The molecule has 0 radical (unpaired) electrons. The summed E-state index contributed by atoms with van der Waals surface area (Å²) in [4.78, 5) is 24.2. The van der Waals surface area contributed by atoms with Gasteiger partial charge in [0.1, 0.15) is 0 Å². The molecule has 0 spiro atoms. The minimum atomic E-state index is -0.965. The summed E-state index contributed by atoms with van der Waals surface area (Å²) in [7, 11) is 2.50. The number of carboxylic acid groups (broad SMARTS) is 1. The van der Waals surface area contributed by atoms with Gasteiger partial charge in [0, 0.05) is 25.5 Å². The zero-order valence-electron chi connectivity index (χ0n) is 15.5. The molecule has 2 N–H and O–H groups in total. The summed E-state index contributed by atoms with van der Waals surface area (Å²) in [6.45, 7) is 0. The standard InChI is InChI=1S/C21H17BrCl2NO3PS/c22-12-6-4-11(5-7-12)15-10-30-21(13(15)9-19(26)27)25-20(28)18(29)8-14-16(23)2-1-3-17(14)24/h1-7,10,18H,8-9,29H2,(H,25,28)(H,26,27). The molecule has 1 amide bonds. The Morgan fingerprint density at radius 1 is 1.10 bits per heavy atom. The van der Waals surface area contributed by atoms with E-state index in [1.807, 2.05) is 29.6 Å². The topological polar surface area (TPSA) is 66.4 Å². The molecule has 1 aromatic heterocycles. The monoisotopic (exact) mass is 543 g/mol. The van der Waals surface area contributed by atoms with E-state index in [-0.39, 0.29) is 12.3 Å². The third kappa shape index (κ3) is 5.63. The summed E-state index contributed by atoms with van der Waals surface area (Å²) >= 11 is 17.1. The van der Waals surface area contributed by atoms with E-state index in [9.17, 15) is 14.7 Å². The summed E-state index contributed by atoms with van der Waals surface area (Å²) in [5.74, 6) is -1.22. The molecule has 30 heavy (non-hydrogen) atoms. The molecule has 2 unspecified atom stereocenters. The maximum Gasteiger partial charge on any atom is 0.307 e. The van der Waals surface area contributed by atoms with Gasteiger partial charge >= 0.3 is 5.97 Å². The van der Waals surface area contributed by atoms with Crippen LogP contribution in [0.4, 0.5) is 5.00 Å². The average molecular weight is 545 g/mol. The van der Waals surface area contributed by atoms with E-state index < -0.39 is 11.6 Å². The fourth-order valence-electron chi connectivity index (χ4n) is 2.93. The number of rotatable bonds is 7. The lowest BCUT2D eigenvalue weighted by Gasteiger charge is -2.14. The van der Waals surface area contributed by atoms with Crippen LogP contribution in [0.25, 0.3) is 11.1 Å². The molecule has 9 heteroatoms. The van der Waals surface area contributed by atoms with Crippen molar-refractivity contribution in [1.82, 2.24) is 0 Å². The lowest BCUT2D eigenvalue weighted by atomic mass is 10.0. The van der Waals surface area contributed by atoms with Crippen LogP contribution in [0.2, 0.25) is 10.0 Å². The Labute approximate surface area is 198 Å². The van der Waals surface area contributed by atoms with Crippen LogP contribution in [0.1, 0.15) is 11.1 Å². The van der Waals surface area contributed by atoms with Crippen LogP contribution in [0.5, 0.6) is 0 Å². The summed E-state index contributed by atoms with van der Waals surface area (Å²) < 4.78 is 0.930. The predicted octanol–water partition coefficient (Wildman–Crippen LogP) is 6.54. The summed E-state index contributed by atoms with van der Waals surface area (Å²) in [6.07, 6.45) is 0.149. The van der Waals surface area contributed by atoms with Gasteiger partial charge in [-0.1, -0.05) is 57.3 Å². The van der Waals surface area contributed by atoms with E-state index in [0.29, 0.717) is 32.6 Å². The van der Waals surface area contributed by atoms with Gasteiger partial charge in [-0.25, -0.2) is 0 Å². The van der Waals surface area contributed by atoms with Crippen molar-refractivity contribution in [3.8, 4) is 11.1 Å². The number of benzene rings is 2. The fourth-order valence-corrected chi connectivity index (χ4v) is 5.06. The second-order valence-corrected chi connectivity index (χ2v) is 9.95. The number of halogens is 3. The van der Waals surface area contributed by atoms with Crippen molar-refractivity contribution in [1.29, 1.82) is 0 Å². The molecular weight excluding hydrogens is 528 g/mol. The summed E-state index contributed by atoms with van der Waals surface area (Å²) in [5.41, 5.74) is 2.47. The van der Waals surface area contributed by atoms with Crippen LogP contribution in [-0.4, -0.2) is 22.6 Å². The minimum Gasteiger partial charge on any atom is -0.481 e. The molecule has 0 aliphatic rings. The highest BCUT2D eigenvalue weighted by Crippen LogP contribution is 2.37. The molecule has 0 bridgehead atoms. The van der Waals surface area contributed by atoms with E-state index in [1.54, 1.807) is 18.2 Å². The van der Waals surface area contributed by atoms with Crippen molar-refractivity contribution in [2.24, 2.45) is 0 Å². The normalized spacial score (nSPS) is 11.9. The third-order valence-corrected chi connectivity index (χ3v) is 7.15. The van der Waals surface area contributed by atoms with Crippen molar-refractivity contribution in [3.05, 3.63) is 73.5 Å². The zero-order chi connectivity index (χ0) is 21.8. The van der Waals surface area contributed by atoms with Crippen LogP contribution in [-0.2, 0) is 22.4 Å².